The van der Waals surface area contributed by atoms with Gasteiger partial charge in [0.2, 0.25) is 11.0 Å². The summed E-state index contributed by atoms with van der Waals surface area (Å²) in [5.74, 6) is 0.195. The number of thiazole rings is 1. The van der Waals surface area contributed by atoms with Crippen molar-refractivity contribution < 1.29 is 4.79 Å². The van der Waals surface area contributed by atoms with Gasteiger partial charge in [0.1, 0.15) is 5.52 Å². The number of rotatable bonds is 4. The molecule has 0 saturated carbocycles. The van der Waals surface area contributed by atoms with Gasteiger partial charge in [-0.25, -0.2) is 4.98 Å². The first-order chi connectivity index (χ1) is 13.2. The predicted octanol–water partition coefficient (Wildman–Crippen LogP) is 4.84. The van der Waals surface area contributed by atoms with Crippen LogP contribution >= 0.6 is 22.9 Å². The highest BCUT2D eigenvalue weighted by Gasteiger charge is 2.30. The molecule has 1 amide bonds. The van der Waals surface area contributed by atoms with E-state index in [-0.39, 0.29) is 11.3 Å². The molecule has 1 fully saturated rings. The lowest BCUT2D eigenvalue weighted by Crippen LogP contribution is -2.51. The van der Waals surface area contributed by atoms with Gasteiger partial charge in [-0.05, 0) is 25.5 Å². The molecule has 1 aromatic heterocycles. The van der Waals surface area contributed by atoms with Gasteiger partial charge in [-0.2, -0.15) is 5.10 Å². The van der Waals surface area contributed by atoms with Crippen LogP contribution in [0.15, 0.2) is 17.2 Å². The van der Waals surface area contributed by atoms with Crippen LogP contribution in [-0.2, 0) is 4.79 Å². The second-order valence-corrected chi connectivity index (χ2v) is 9.54. The van der Waals surface area contributed by atoms with E-state index < -0.39 is 0 Å². The van der Waals surface area contributed by atoms with Crippen LogP contribution in [0, 0.1) is 5.41 Å². The quantitative estimate of drug-likeness (QED) is 0.566. The maximum absolute atomic E-state index is 12.5. The molecule has 0 atom stereocenters. The second-order valence-electron chi connectivity index (χ2n) is 8.10. The van der Waals surface area contributed by atoms with Crippen LogP contribution in [0.1, 0.15) is 41.0 Å². The molecule has 0 spiro atoms. The van der Waals surface area contributed by atoms with E-state index in [1.807, 2.05) is 44.7 Å². The summed E-state index contributed by atoms with van der Waals surface area (Å²) in [5, 5.41) is 5.79. The van der Waals surface area contributed by atoms with Crippen molar-refractivity contribution in [2.24, 2.45) is 10.5 Å². The third-order valence-corrected chi connectivity index (χ3v) is 6.09. The molecule has 0 unspecified atom stereocenters. The Kier molecular flexibility index (Phi) is 6.15. The zero-order valence-electron chi connectivity index (χ0n) is 17.2. The third-order valence-electron chi connectivity index (χ3n) is 4.86. The SMILES string of the molecule is CC/C(C)=N/Nc1nc2c(N3CCN(C(=O)C(C)(C)C)CC3)c(Cl)ccc2s1. The minimum absolute atomic E-state index is 0.195. The molecular formula is C20H28ClN5OS. The molecule has 0 radical (unpaired) electrons. The van der Waals surface area contributed by atoms with Crippen molar-refractivity contribution in [2.75, 3.05) is 36.5 Å². The van der Waals surface area contributed by atoms with Gasteiger partial charge in [0.25, 0.3) is 0 Å². The highest BCUT2D eigenvalue weighted by molar-refractivity contribution is 7.22. The van der Waals surface area contributed by atoms with E-state index in [2.05, 4.69) is 22.4 Å². The predicted molar refractivity (Wildman–Crippen MR) is 120 cm³/mol. The third kappa shape index (κ3) is 4.41. The average Bonchev–Trinajstić information content (AvgIpc) is 3.08. The number of aromatic nitrogens is 1. The molecule has 6 nitrogen and oxygen atoms in total. The summed E-state index contributed by atoms with van der Waals surface area (Å²) in [6.07, 6.45) is 0.895. The molecule has 2 aromatic rings. The van der Waals surface area contributed by atoms with E-state index in [1.165, 1.54) is 0 Å². The fraction of sp³-hybridized carbons (Fsp3) is 0.550. The first-order valence-corrected chi connectivity index (χ1v) is 10.8. The molecule has 1 N–H and O–H groups in total. The van der Waals surface area contributed by atoms with E-state index in [4.69, 9.17) is 16.6 Å². The Bertz CT molecular complexity index is 894. The fourth-order valence-corrected chi connectivity index (χ4v) is 4.22. The molecular weight excluding hydrogens is 394 g/mol. The first-order valence-electron chi connectivity index (χ1n) is 9.63. The maximum Gasteiger partial charge on any atom is 0.228 e. The highest BCUT2D eigenvalue weighted by atomic mass is 35.5. The number of anilines is 2. The van der Waals surface area contributed by atoms with E-state index in [1.54, 1.807) is 11.3 Å². The summed E-state index contributed by atoms with van der Waals surface area (Å²) in [6.45, 7) is 12.8. The van der Waals surface area contributed by atoms with Crippen LogP contribution < -0.4 is 10.3 Å². The van der Waals surface area contributed by atoms with Crippen molar-refractivity contribution in [3.05, 3.63) is 17.2 Å². The summed E-state index contributed by atoms with van der Waals surface area (Å²) < 4.78 is 1.07. The summed E-state index contributed by atoms with van der Waals surface area (Å²) >= 11 is 8.13. The zero-order valence-corrected chi connectivity index (χ0v) is 18.7. The van der Waals surface area contributed by atoms with Crippen molar-refractivity contribution in [1.29, 1.82) is 0 Å². The number of piperazine rings is 1. The van der Waals surface area contributed by atoms with Crippen LogP contribution in [0.3, 0.4) is 0 Å². The highest BCUT2D eigenvalue weighted by Crippen LogP contribution is 2.38. The van der Waals surface area contributed by atoms with E-state index in [0.717, 1.165) is 46.3 Å². The molecule has 2 heterocycles. The Balaban J connectivity index is 1.82. The van der Waals surface area contributed by atoms with Gasteiger partial charge in [0.05, 0.1) is 15.4 Å². The minimum atomic E-state index is -0.355. The van der Waals surface area contributed by atoms with Crippen molar-refractivity contribution in [3.8, 4) is 0 Å². The van der Waals surface area contributed by atoms with Crippen LogP contribution in [0.5, 0.6) is 0 Å². The van der Waals surface area contributed by atoms with E-state index >= 15 is 0 Å². The minimum Gasteiger partial charge on any atom is -0.365 e. The number of hydrazone groups is 1. The van der Waals surface area contributed by atoms with Gasteiger partial charge in [-0.3, -0.25) is 10.2 Å². The van der Waals surface area contributed by atoms with Gasteiger partial charge >= 0.3 is 0 Å². The molecule has 1 aromatic carbocycles. The van der Waals surface area contributed by atoms with E-state index in [0.29, 0.717) is 18.1 Å². The monoisotopic (exact) mass is 421 g/mol. The summed E-state index contributed by atoms with van der Waals surface area (Å²) in [6, 6.07) is 3.92. The normalized spacial score (nSPS) is 16.0. The number of carbonyl (C=O) groups excluding carboxylic acids is 1. The molecule has 1 saturated heterocycles. The molecule has 152 valence electrons. The number of fused-ring (bicyclic) bond motifs is 1. The molecule has 0 bridgehead atoms. The van der Waals surface area contributed by atoms with Crippen LogP contribution in [-0.4, -0.2) is 47.7 Å². The summed E-state index contributed by atoms with van der Waals surface area (Å²) in [7, 11) is 0. The lowest BCUT2D eigenvalue weighted by molar-refractivity contribution is -0.139. The number of amides is 1. The number of carbonyl (C=O) groups is 1. The number of benzene rings is 1. The lowest BCUT2D eigenvalue weighted by Gasteiger charge is -2.39. The second kappa shape index (κ2) is 8.25. The van der Waals surface area contributed by atoms with E-state index in [9.17, 15) is 4.79 Å². The zero-order chi connectivity index (χ0) is 20.5. The van der Waals surface area contributed by atoms with Gasteiger partial charge in [-0.1, -0.05) is 50.6 Å². The largest absolute Gasteiger partial charge is 0.365 e. The lowest BCUT2D eigenvalue weighted by atomic mass is 9.94. The molecule has 28 heavy (non-hydrogen) atoms. The van der Waals surface area contributed by atoms with Crippen molar-refractivity contribution in [3.63, 3.8) is 0 Å². The topological polar surface area (TPSA) is 60.8 Å². The molecule has 8 heteroatoms. The van der Waals surface area contributed by atoms with Crippen molar-refractivity contribution in [2.45, 2.75) is 41.0 Å². The summed E-state index contributed by atoms with van der Waals surface area (Å²) in [4.78, 5) is 21.5. The Labute approximate surface area is 175 Å². The van der Waals surface area contributed by atoms with Gasteiger partial charge in [-0.15, -0.1) is 0 Å². The van der Waals surface area contributed by atoms with Gasteiger partial charge < -0.3 is 9.80 Å². The average molecular weight is 422 g/mol. The number of halogens is 1. The standard InChI is InChI=1S/C20H28ClN5OS/c1-6-13(2)23-24-19-22-16-15(28-19)8-7-14(21)17(16)25-9-11-26(12-10-25)18(27)20(3,4)5/h7-8H,6,9-12H2,1-5H3,(H,22,24)/b23-13+. The van der Waals surface area contributed by atoms with Crippen LogP contribution in [0.2, 0.25) is 5.02 Å². The summed E-state index contributed by atoms with van der Waals surface area (Å²) in [5.41, 5.74) is 5.56. The molecule has 1 aliphatic heterocycles. The Morgan fingerprint density at radius 1 is 1.29 bits per heavy atom. The van der Waals surface area contributed by atoms with Gasteiger partial charge in [0.15, 0.2) is 0 Å². The maximum atomic E-state index is 12.5. The number of hydrogen-bond acceptors (Lipinski definition) is 6. The smallest absolute Gasteiger partial charge is 0.228 e. The fourth-order valence-electron chi connectivity index (χ4n) is 3.13. The number of hydrogen-bond donors (Lipinski definition) is 1. The Morgan fingerprint density at radius 2 is 1.96 bits per heavy atom. The number of nitrogens with zero attached hydrogens (tertiary/aromatic N) is 4. The molecule has 0 aliphatic carbocycles. The molecule has 3 rings (SSSR count). The first kappa shape index (κ1) is 20.9. The van der Waals surface area contributed by atoms with Gasteiger partial charge in [0, 0.05) is 37.3 Å². The van der Waals surface area contributed by atoms with Crippen LogP contribution in [0.4, 0.5) is 10.8 Å². The Morgan fingerprint density at radius 3 is 2.57 bits per heavy atom. The Hall–Kier alpha value is -1.86. The van der Waals surface area contributed by atoms with Crippen LogP contribution in [0.25, 0.3) is 10.2 Å². The van der Waals surface area contributed by atoms with Crippen molar-refractivity contribution in [1.82, 2.24) is 9.88 Å². The number of nitrogens with one attached hydrogen (secondary N) is 1. The molecule has 1 aliphatic rings. The van der Waals surface area contributed by atoms with Crippen molar-refractivity contribution >= 4 is 55.6 Å².